The van der Waals surface area contributed by atoms with Gasteiger partial charge in [0.2, 0.25) is 11.8 Å². The van der Waals surface area contributed by atoms with Crippen LogP contribution < -0.4 is 5.32 Å². The molecule has 200 valence electrons. The van der Waals surface area contributed by atoms with E-state index in [1.807, 2.05) is 30.3 Å². The summed E-state index contributed by atoms with van der Waals surface area (Å²) >= 11 is 7.37. The summed E-state index contributed by atoms with van der Waals surface area (Å²) in [6, 6.07) is 19.5. The predicted molar refractivity (Wildman–Crippen MR) is 149 cm³/mol. The van der Waals surface area contributed by atoms with Gasteiger partial charge in [-0.2, -0.15) is 0 Å². The van der Waals surface area contributed by atoms with Crippen molar-refractivity contribution >= 4 is 35.2 Å². The lowest BCUT2D eigenvalue weighted by Crippen LogP contribution is -2.52. The zero-order valence-corrected chi connectivity index (χ0v) is 22.6. The summed E-state index contributed by atoms with van der Waals surface area (Å²) in [6.45, 7) is -0.0535. The summed E-state index contributed by atoms with van der Waals surface area (Å²) in [5, 5.41) is 3.43. The van der Waals surface area contributed by atoms with Gasteiger partial charge in [0.1, 0.15) is 17.7 Å². The Morgan fingerprint density at radius 2 is 1.63 bits per heavy atom. The first-order chi connectivity index (χ1) is 18.4. The molecule has 2 amide bonds. The first kappa shape index (κ1) is 28.1. The van der Waals surface area contributed by atoms with Gasteiger partial charge in [0.05, 0.1) is 5.75 Å². The number of rotatable bonds is 11. The van der Waals surface area contributed by atoms with Crippen molar-refractivity contribution in [1.82, 2.24) is 10.2 Å². The van der Waals surface area contributed by atoms with E-state index in [1.54, 1.807) is 24.3 Å². The molecule has 0 heterocycles. The van der Waals surface area contributed by atoms with E-state index in [-0.39, 0.29) is 35.9 Å². The Morgan fingerprint density at radius 3 is 2.34 bits per heavy atom. The zero-order chi connectivity index (χ0) is 26.9. The molecule has 4 nitrogen and oxygen atoms in total. The molecule has 1 aliphatic rings. The fourth-order valence-electron chi connectivity index (χ4n) is 4.73. The van der Waals surface area contributed by atoms with Gasteiger partial charge in [-0.05, 0) is 36.6 Å². The number of nitrogens with zero attached hydrogens (tertiary/aromatic N) is 1. The standard InChI is InChI=1S/C30H31ClF2N2O2S/c31-25-14-8-16-27(33)24(25)19-38-20-29(36)35(18-22-11-4-7-15-26(22)32)28(17-21-9-2-1-3-10-21)30(37)34-23-12-5-6-13-23/h1-4,7-11,14-16,23,28H,5-6,12-13,17-20H2,(H,34,37)/t28-/m1/s1. The van der Waals surface area contributed by atoms with Crippen molar-refractivity contribution in [2.45, 2.75) is 56.5 Å². The molecule has 1 saturated carbocycles. The monoisotopic (exact) mass is 556 g/mol. The average Bonchev–Trinajstić information content (AvgIpc) is 3.42. The van der Waals surface area contributed by atoms with Crippen LogP contribution in [0.3, 0.4) is 0 Å². The maximum atomic E-state index is 14.7. The van der Waals surface area contributed by atoms with E-state index in [9.17, 15) is 18.4 Å². The summed E-state index contributed by atoms with van der Waals surface area (Å²) in [5.74, 6) is -1.26. The SMILES string of the molecule is O=C(NC1CCCC1)[C@@H](Cc1ccccc1)N(Cc1ccccc1F)C(=O)CSCc1c(F)cccc1Cl. The van der Waals surface area contributed by atoms with Crippen LogP contribution in [0.2, 0.25) is 5.02 Å². The molecule has 0 spiro atoms. The third-order valence-corrected chi connectivity index (χ3v) is 8.10. The van der Waals surface area contributed by atoms with Crippen LogP contribution >= 0.6 is 23.4 Å². The summed E-state index contributed by atoms with van der Waals surface area (Å²) < 4.78 is 28.9. The number of carbonyl (C=O) groups is 2. The lowest BCUT2D eigenvalue weighted by Gasteiger charge is -2.32. The minimum absolute atomic E-state index is 0.0128. The number of hydrogen-bond acceptors (Lipinski definition) is 3. The number of thioether (sulfide) groups is 1. The smallest absolute Gasteiger partial charge is 0.243 e. The molecule has 3 aromatic carbocycles. The van der Waals surface area contributed by atoms with Crippen LogP contribution in [0.4, 0.5) is 8.78 Å². The van der Waals surface area contributed by atoms with E-state index in [2.05, 4.69) is 5.32 Å². The van der Waals surface area contributed by atoms with Crippen LogP contribution in [-0.4, -0.2) is 34.6 Å². The Balaban J connectivity index is 1.59. The van der Waals surface area contributed by atoms with Crippen LogP contribution in [0, 0.1) is 11.6 Å². The number of carbonyl (C=O) groups excluding carboxylic acids is 2. The number of nitrogens with one attached hydrogen (secondary N) is 1. The highest BCUT2D eigenvalue weighted by Gasteiger charge is 2.32. The van der Waals surface area contributed by atoms with E-state index >= 15 is 0 Å². The quantitative estimate of drug-likeness (QED) is 0.291. The Hall–Kier alpha value is -2.90. The normalized spacial score (nSPS) is 14.3. The van der Waals surface area contributed by atoms with Gasteiger partial charge >= 0.3 is 0 Å². The first-order valence-corrected chi connectivity index (χ1v) is 14.3. The number of amides is 2. The Bertz CT molecular complexity index is 1220. The molecule has 4 rings (SSSR count). The molecule has 0 saturated heterocycles. The summed E-state index contributed by atoms with van der Waals surface area (Å²) in [7, 11) is 0. The van der Waals surface area contributed by atoms with Crippen molar-refractivity contribution in [2.24, 2.45) is 0 Å². The number of benzene rings is 3. The highest BCUT2D eigenvalue weighted by Crippen LogP contribution is 2.25. The summed E-state index contributed by atoms with van der Waals surface area (Å²) in [5.41, 5.74) is 1.55. The fraction of sp³-hybridized carbons (Fsp3) is 0.333. The molecule has 38 heavy (non-hydrogen) atoms. The van der Waals surface area contributed by atoms with Gasteiger partial charge in [0, 0.05) is 40.9 Å². The molecule has 1 aliphatic carbocycles. The Labute approximate surface area is 231 Å². The van der Waals surface area contributed by atoms with Crippen LogP contribution in [-0.2, 0) is 28.3 Å². The lowest BCUT2D eigenvalue weighted by atomic mass is 10.0. The molecule has 0 aliphatic heterocycles. The zero-order valence-electron chi connectivity index (χ0n) is 21.0. The first-order valence-electron chi connectivity index (χ1n) is 12.8. The van der Waals surface area contributed by atoms with Gasteiger partial charge in [-0.15, -0.1) is 11.8 Å². The number of hydrogen-bond donors (Lipinski definition) is 1. The molecular formula is C30H31ClF2N2O2S. The lowest BCUT2D eigenvalue weighted by molar-refractivity contribution is -0.139. The largest absolute Gasteiger partial charge is 0.352 e. The van der Waals surface area contributed by atoms with Crippen LogP contribution in [0.25, 0.3) is 0 Å². The molecular weight excluding hydrogens is 526 g/mol. The van der Waals surface area contributed by atoms with Crippen molar-refractivity contribution in [1.29, 1.82) is 0 Å². The van der Waals surface area contributed by atoms with E-state index < -0.39 is 17.7 Å². The van der Waals surface area contributed by atoms with Gasteiger partial charge in [-0.25, -0.2) is 8.78 Å². The third-order valence-electron chi connectivity index (χ3n) is 6.80. The van der Waals surface area contributed by atoms with Gasteiger partial charge in [0.15, 0.2) is 0 Å². The van der Waals surface area contributed by atoms with Crippen molar-refractivity contribution in [3.8, 4) is 0 Å². The van der Waals surface area contributed by atoms with E-state index in [0.717, 1.165) is 31.2 Å². The molecule has 3 aromatic rings. The van der Waals surface area contributed by atoms with Crippen LogP contribution in [0.1, 0.15) is 42.4 Å². The second kappa shape index (κ2) is 13.8. The molecule has 0 unspecified atom stereocenters. The second-order valence-corrected chi connectivity index (χ2v) is 10.9. The minimum Gasteiger partial charge on any atom is -0.352 e. The second-order valence-electron chi connectivity index (χ2n) is 9.50. The van der Waals surface area contributed by atoms with E-state index in [4.69, 9.17) is 11.6 Å². The third kappa shape index (κ3) is 7.58. The molecule has 0 aromatic heterocycles. The molecule has 1 N–H and O–H groups in total. The van der Waals surface area contributed by atoms with Crippen molar-refractivity contribution in [3.05, 3.63) is 106 Å². The minimum atomic E-state index is -0.831. The van der Waals surface area contributed by atoms with Crippen LogP contribution in [0.15, 0.2) is 72.8 Å². The van der Waals surface area contributed by atoms with Crippen molar-refractivity contribution in [2.75, 3.05) is 5.75 Å². The van der Waals surface area contributed by atoms with Gasteiger partial charge in [-0.3, -0.25) is 9.59 Å². The highest BCUT2D eigenvalue weighted by atomic mass is 35.5. The van der Waals surface area contributed by atoms with Gasteiger partial charge in [0.25, 0.3) is 0 Å². The molecule has 0 radical (unpaired) electrons. The summed E-state index contributed by atoms with van der Waals surface area (Å²) in [6.07, 6.45) is 4.22. The maximum absolute atomic E-state index is 14.7. The fourth-order valence-corrected chi connectivity index (χ4v) is 5.97. The maximum Gasteiger partial charge on any atom is 0.243 e. The molecule has 0 bridgehead atoms. The molecule has 1 atom stereocenters. The summed E-state index contributed by atoms with van der Waals surface area (Å²) in [4.78, 5) is 28.8. The Morgan fingerprint density at radius 1 is 0.947 bits per heavy atom. The topological polar surface area (TPSA) is 49.4 Å². The van der Waals surface area contributed by atoms with E-state index in [1.165, 1.54) is 34.9 Å². The predicted octanol–water partition coefficient (Wildman–Crippen LogP) is 6.55. The van der Waals surface area contributed by atoms with Gasteiger partial charge in [-0.1, -0.05) is 79.0 Å². The number of halogens is 3. The van der Waals surface area contributed by atoms with Gasteiger partial charge < -0.3 is 10.2 Å². The average molecular weight is 557 g/mol. The highest BCUT2D eigenvalue weighted by molar-refractivity contribution is 7.99. The van der Waals surface area contributed by atoms with Crippen molar-refractivity contribution < 1.29 is 18.4 Å². The Kier molecular flexibility index (Phi) is 10.2. The molecule has 8 heteroatoms. The molecule has 1 fully saturated rings. The van der Waals surface area contributed by atoms with Crippen molar-refractivity contribution in [3.63, 3.8) is 0 Å². The van der Waals surface area contributed by atoms with E-state index in [0.29, 0.717) is 22.6 Å². The van der Waals surface area contributed by atoms with Crippen LogP contribution in [0.5, 0.6) is 0 Å².